The zero-order valence-corrected chi connectivity index (χ0v) is 11.9. The van der Waals surface area contributed by atoms with Crippen LogP contribution in [0.2, 0.25) is 0 Å². The summed E-state index contributed by atoms with van der Waals surface area (Å²) in [5.74, 6) is -0.343. The SMILES string of the molecule is COC(=O)[C@H]1CCCCN1C(=O)Nc1cccc(C)c1. The number of benzene rings is 1. The van der Waals surface area contributed by atoms with E-state index in [1.807, 2.05) is 31.2 Å². The van der Waals surface area contributed by atoms with Gasteiger partial charge in [-0.1, -0.05) is 12.1 Å². The monoisotopic (exact) mass is 276 g/mol. The lowest BCUT2D eigenvalue weighted by atomic mass is 10.0. The van der Waals surface area contributed by atoms with E-state index in [2.05, 4.69) is 5.32 Å². The van der Waals surface area contributed by atoms with E-state index in [4.69, 9.17) is 4.74 Å². The standard InChI is InChI=1S/C15H20N2O3/c1-11-6-5-7-12(10-11)16-15(19)17-9-4-3-8-13(17)14(18)20-2/h5-7,10,13H,3-4,8-9H2,1-2H3,(H,16,19)/t13-/m1/s1. The fourth-order valence-corrected chi connectivity index (χ4v) is 2.47. The minimum atomic E-state index is -0.474. The van der Waals surface area contributed by atoms with Crippen LogP contribution in [0.25, 0.3) is 0 Å². The molecule has 1 heterocycles. The fraction of sp³-hybridized carbons (Fsp3) is 0.467. The van der Waals surface area contributed by atoms with E-state index in [1.54, 1.807) is 4.90 Å². The molecule has 2 amide bonds. The molecule has 0 aromatic heterocycles. The smallest absolute Gasteiger partial charge is 0.328 e. The van der Waals surface area contributed by atoms with E-state index < -0.39 is 6.04 Å². The van der Waals surface area contributed by atoms with Crippen LogP contribution in [0.1, 0.15) is 24.8 Å². The number of piperidine rings is 1. The molecule has 1 aliphatic heterocycles. The molecule has 0 aliphatic carbocycles. The highest BCUT2D eigenvalue weighted by molar-refractivity contribution is 5.92. The zero-order valence-electron chi connectivity index (χ0n) is 11.9. The molecular formula is C15H20N2O3. The Morgan fingerprint density at radius 3 is 2.85 bits per heavy atom. The van der Waals surface area contributed by atoms with Gasteiger partial charge in [0.25, 0.3) is 0 Å². The first-order valence-corrected chi connectivity index (χ1v) is 6.84. The second-order valence-corrected chi connectivity index (χ2v) is 5.03. The number of ether oxygens (including phenoxy) is 1. The number of likely N-dealkylation sites (tertiary alicyclic amines) is 1. The average molecular weight is 276 g/mol. The van der Waals surface area contributed by atoms with Crippen molar-refractivity contribution in [3.05, 3.63) is 29.8 Å². The largest absolute Gasteiger partial charge is 0.467 e. The molecule has 0 saturated carbocycles. The number of hydrogen-bond acceptors (Lipinski definition) is 3. The first-order valence-electron chi connectivity index (χ1n) is 6.84. The van der Waals surface area contributed by atoms with Crippen molar-refractivity contribution in [2.75, 3.05) is 19.0 Å². The van der Waals surface area contributed by atoms with Gasteiger partial charge in [0.1, 0.15) is 6.04 Å². The van der Waals surface area contributed by atoms with E-state index in [0.717, 1.165) is 24.1 Å². The molecule has 1 aromatic rings. The highest BCUT2D eigenvalue weighted by Gasteiger charge is 2.32. The van der Waals surface area contributed by atoms with Crippen LogP contribution < -0.4 is 5.32 Å². The fourth-order valence-electron chi connectivity index (χ4n) is 2.47. The molecule has 20 heavy (non-hydrogen) atoms. The van der Waals surface area contributed by atoms with Crippen LogP contribution >= 0.6 is 0 Å². The summed E-state index contributed by atoms with van der Waals surface area (Å²) in [5.41, 5.74) is 1.81. The van der Waals surface area contributed by atoms with Gasteiger partial charge in [-0.2, -0.15) is 0 Å². The van der Waals surface area contributed by atoms with E-state index in [9.17, 15) is 9.59 Å². The van der Waals surface area contributed by atoms with Crippen LogP contribution in [0.5, 0.6) is 0 Å². The molecule has 1 aliphatic rings. The number of aryl methyl sites for hydroxylation is 1. The van der Waals surface area contributed by atoms with Crippen molar-refractivity contribution in [3.63, 3.8) is 0 Å². The van der Waals surface area contributed by atoms with Crippen molar-refractivity contribution in [1.82, 2.24) is 4.90 Å². The number of hydrogen-bond donors (Lipinski definition) is 1. The van der Waals surface area contributed by atoms with E-state index in [1.165, 1.54) is 7.11 Å². The molecule has 0 unspecified atom stereocenters. The maximum Gasteiger partial charge on any atom is 0.328 e. The number of rotatable bonds is 2. The summed E-state index contributed by atoms with van der Waals surface area (Å²) in [7, 11) is 1.35. The lowest BCUT2D eigenvalue weighted by molar-refractivity contribution is -0.146. The first-order chi connectivity index (χ1) is 9.61. The van der Waals surface area contributed by atoms with Crippen LogP contribution in [0, 0.1) is 6.92 Å². The summed E-state index contributed by atoms with van der Waals surface area (Å²) in [6, 6.07) is 6.87. The Hall–Kier alpha value is -2.04. The van der Waals surface area contributed by atoms with Gasteiger partial charge in [-0.25, -0.2) is 9.59 Å². The van der Waals surface area contributed by atoms with Crippen LogP contribution in [-0.4, -0.2) is 36.6 Å². The maximum absolute atomic E-state index is 12.3. The number of nitrogens with zero attached hydrogens (tertiary/aromatic N) is 1. The number of carbonyl (C=O) groups excluding carboxylic acids is 2. The Bertz CT molecular complexity index is 502. The molecule has 2 rings (SSSR count). The first kappa shape index (κ1) is 14.4. The van der Waals surface area contributed by atoms with Crippen molar-refractivity contribution in [2.24, 2.45) is 0 Å². The van der Waals surface area contributed by atoms with Gasteiger partial charge in [0, 0.05) is 12.2 Å². The number of esters is 1. The van der Waals surface area contributed by atoms with Crippen molar-refractivity contribution in [1.29, 1.82) is 0 Å². The molecule has 1 aromatic carbocycles. The summed E-state index contributed by atoms with van der Waals surface area (Å²) < 4.78 is 4.78. The zero-order chi connectivity index (χ0) is 14.5. The van der Waals surface area contributed by atoms with Gasteiger partial charge >= 0.3 is 12.0 Å². The van der Waals surface area contributed by atoms with Gasteiger partial charge < -0.3 is 15.0 Å². The number of carbonyl (C=O) groups is 2. The van der Waals surface area contributed by atoms with Gasteiger partial charge in [-0.05, 0) is 43.9 Å². The van der Waals surface area contributed by atoms with Crippen molar-refractivity contribution < 1.29 is 14.3 Å². The summed E-state index contributed by atoms with van der Waals surface area (Å²) in [4.78, 5) is 25.6. The topological polar surface area (TPSA) is 58.6 Å². The molecule has 1 saturated heterocycles. The lowest BCUT2D eigenvalue weighted by Crippen LogP contribution is -2.50. The second kappa shape index (κ2) is 6.41. The summed E-state index contributed by atoms with van der Waals surface area (Å²) in [6.07, 6.45) is 2.51. The number of anilines is 1. The predicted octanol–water partition coefficient (Wildman–Crippen LogP) is 2.55. The molecule has 0 radical (unpaired) electrons. The van der Waals surface area contributed by atoms with Gasteiger partial charge in [0.15, 0.2) is 0 Å². The third-order valence-corrected chi connectivity index (χ3v) is 3.51. The Morgan fingerprint density at radius 1 is 1.35 bits per heavy atom. The third kappa shape index (κ3) is 3.29. The molecule has 1 atom stereocenters. The quantitative estimate of drug-likeness (QED) is 0.844. The molecule has 108 valence electrons. The molecule has 1 N–H and O–H groups in total. The van der Waals surface area contributed by atoms with E-state index in [0.29, 0.717) is 13.0 Å². The number of methoxy groups -OCH3 is 1. The van der Waals surface area contributed by atoms with Crippen molar-refractivity contribution >= 4 is 17.7 Å². The number of urea groups is 1. The van der Waals surface area contributed by atoms with Gasteiger partial charge in [0.05, 0.1) is 7.11 Å². The van der Waals surface area contributed by atoms with Gasteiger partial charge in [-0.3, -0.25) is 0 Å². The molecule has 0 spiro atoms. The highest BCUT2D eigenvalue weighted by Crippen LogP contribution is 2.20. The molecule has 1 fully saturated rings. The Kier molecular flexibility index (Phi) is 4.61. The lowest BCUT2D eigenvalue weighted by Gasteiger charge is -2.33. The number of nitrogens with one attached hydrogen (secondary N) is 1. The molecule has 5 nitrogen and oxygen atoms in total. The minimum Gasteiger partial charge on any atom is -0.467 e. The second-order valence-electron chi connectivity index (χ2n) is 5.03. The van der Waals surface area contributed by atoms with Crippen molar-refractivity contribution in [2.45, 2.75) is 32.2 Å². The Labute approximate surface area is 118 Å². The van der Waals surface area contributed by atoms with Crippen LogP contribution in [-0.2, 0) is 9.53 Å². The van der Waals surface area contributed by atoms with Crippen molar-refractivity contribution in [3.8, 4) is 0 Å². The summed E-state index contributed by atoms with van der Waals surface area (Å²) >= 11 is 0. The normalized spacial score (nSPS) is 18.5. The predicted molar refractivity (Wildman–Crippen MR) is 76.6 cm³/mol. The minimum absolute atomic E-state index is 0.245. The van der Waals surface area contributed by atoms with Crippen LogP contribution in [0.15, 0.2) is 24.3 Å². The molecule has 0 bridgehead atoms. The number of amides is 2. The summed E-state index contributed by atoms with van der Waals surface area (Å²) in [5, 5.41) is 2.84. The van der Waals surface area contributed by atoms with E-state index in [-0.39, 0.29) is 12.0 Å². The van der Waals surface area contributed by atoms with Gasteiger partial charge in [-0.15, -0.1) is 0 Å². The Morgan fingerprint density at radius 2 is 2.15 bits per heavy atom. The van der Waals surface area contributed by atoms with Crippen LogP contribution in [0.3, 0.4) is 0 Å². The molecular weight excluding hydrogens is 256 g/mol. The average Bonchev–Trinajstić information content (AvgIpc) is 2.46. The van der Waals surface area contributed by atoms with Gasteiger partial charge in [0.2, 0.25) is 0 Å². The summed E-state index contributed by atoms with van der Waals surface area (Å²) in [6.45, 7) is 2.55. The Balaban J connectivity index is 2.08. The van der Waals surface area contributed by atoms with E-state index >= 15 is 0 Å². The third-order valence-electron chi connectivity index (χ3n) is 3.51. The maximum atomic E-state index is 12.3. The molecule has 5 heteroatoms. The highest BCUT2D eigenvalue weighted by atomic mass is 16.5. The van der Waals surface area contributed by atoms with Crippen LogP contribution in [0.4, 0.5) is 10.5 Å².